The van der Waals surface area contributed by atoms with Crippen molar-refractivity contribution in [1.82, 2.24) is 20.2 Å². The molecule has 1 aromatic carbocycles. The summed E-state index contributed by atoms with van der Waals surface area (Å²) in [7, 11) is 0. The number of rotatable bonds is 3. The van der Waals surface area contributed by atoms with E-state index in [1.165, 1.54) is 10.8 Å². The molecule has 1 heterocycles. The van der Waals surface area contributed by atoms with Crippen LogP contribution in [0.3, 0.4) is 0 Å². The first-order valence-electron chi connectivity index (χ1n) is 4.52. The Kier molecular flexibility index (Phi) is 2.73. The molecule has 0 aliphatic heterocycles. The van der Waals surface area contributed by atoms with E-state index in [0.717, 1.165) is 11.8 Å². The molecular weight excluding hydrogens is 208 g/mol. The molecule has 0 atom stereocenters. The third-order valence-electron chi connectivity index (χ3n) is 1.87. The van der Waals surface area contributed by atoms with E-state index in [0.29, 0.717) is 5.82 Å². The summed E-state index contributed by atoms with van der Waals surface area (Å²) in [6, 6.07) is 9.23. The quantitative estimate of drug-likeness (QED) is 0.766. The molecule has 0 radical (unpaired) electrons. The maximum Gasteiger partial charge on any atom is 0.328 e. The largest absolute Gasteiger partial charge is 0.478 e. The molecule has 0 spiro atoms. The fourth-order valence-electron chi connectivity index (χ4n) is 1.20. The molecular formula is C10H8N4O2. The predicted octanol–water partition coefficient (Wildman–Crippen LogP) is 0.760. The normalized spacial score (nSPS) is 10.8. The highest BCUT2D eigenvalue weighted by Crippen LogP contribution is 2.07. The number of tetrazole rings is 1. The minimum Gasteiger partial charge on any atom is -0.478 e. The summed E-state index contributed by atoms with van der Waals surface area (Å²) < 4.78 is 1.46. The summed E-state index contributed by atoms with van der Waals surface area (Å²) in [5.41, 5.74) is 0.775. The maximum atomic E-state index is 10.4. The number of aromatic nitrogens is 4. The molecule has 6 heteroatoms. The fraction of sp³-hybridized carbons (Fsp3) is 0. The zero-order valence-electron chi connectivity index (χ0n) is 8.19. The zero-order valence-corrected chi connectivity index (χ0v) is 8.19. The van der Waals surface area contributed by atoms with Crippen LogP contribution in [0, 0.1) is 0 Å². The summed E-state index contributed by atoms with van der Waals surface area (Å²) in [4.78, 5) is 10.4. The van der Waals surface area contributed by atoms with Gasteiger partial charge in [-0.05, 0) is 28.6 Å². The monoisotopic (exact) mass is 216 g/mol. The minimum atomic E-state index is -1.04. The van der Waals surface area contributed by atoms with Gasteiger partial charge in [-0.3, -0.25) is 0 Å². The van der Waals surface area contributed by atoms with Crippen molar-refractivity contribution in [3.63, 3.8) is 0 Å². The second-order valence-corrected chi connectivity index (χ2v) is 2.96. The van der Waals surface area contributed by atoms with E-state index in [9.17, 15) is 4.79 Å². The molecule has 16 heavy (non-hydrogen) atoms. The van der Waals surface area contributed by atoms with Crippen molar-refractivity contribution < 1.29 is 9.90 Å². The van der Waals surface area contributed by atoms with E-state index in [1.807, 2.05) is 30.3 Å². The second kappa shape index (κ2) is 4.35. The Balaban J connectivity index is 2.37. The highest BCUT2D eigenvalue weighted by Gasteiger charge is 2.04. The van der Waals surface area contributed by atoms with Crippen LogP contribution in [-0.4, -0.2) is 31.3 Å². The number of hydrogen-bond acceptors (Lipinski definition) is 4. The lowest BCUT2D eigenvalue weighted by molar-refractivity contribution is -0.131. The number of aliphatic carboxylic acids is 1. The van der Waals surface area contributed by atoms with E-state index in [1.54, 1.807) is 0 Å². The first-order chi connectivity index (χ1) is 7.77. The number of hydrogen-bond donors (Lipinski definition) is 1. The Hall–Kier alpha value is -2.50. The molecule has 0 saturated heterocycles. The first kappa shape index (κ1) is 10.0. The van der Waals surface area contributed by atoms with Gasteiger partial charge in [0.25, 0.3) is 0 Å². The molecule has 1 aromatic heterocycles. The van der Waals surface area contributed by atoms with Gasteiger partial charge in [0.2, 0.25) is 0 Å². The highest BCUT2D eigenvalue weighted by atomic mass is 16.4. The number of carboxylic acid groups (broad SMARTS) is 1. The highest BCUT2D eigenvalue weighted by molar-refractivity contribution is 5.84. The summed E-state index contributed by atoms with van der Waals surface area (Å²) in [6.45, 7) is 0. The maximum absolute atomic E-state index is 10.4. The van der Waals surface area contributed by atoms with Gasteiger partial charge in [-0.15, -0.1) is 5.10 Å². The molecule has 0 saturated carbocycles. The number of para-hydroxylation sites is 1. The topological polar surface area (TPSA) is 80.9 Å². The SMILES string of the molecule is O=C(O)/C=C/c1nnnn1-c1ccccc1. The third-order valence-corrected chi connectivity index (χ3v) is 1.87. The molecule has 0 amide bonds. The van der Waals surface area contributed by atoms with Gasteiger partial charge >= 0.3 is 5.97 Å². The Labute approximate surface area is 90.8 Å². The first-order valence-corrected chi connectivity index (χ1v) is 4.52. The Morgan fingerprint density at radius 2 is 2.06 bits per heavy atom. The van der Waals surface area contributed by atoms with Crippen LogP contribution < -0.4 is 0 Å². The number of carboxylic acids is 1. The Morgan fingerprint density at radius 1 is 1.31 bits per heavy atom. The summed E-state index contributed by atoms with van der Waals surface area (Å²) in [6.07, 6.45) is 2.33. The summed E-state index contributed by atoms with van der Waals surface area (Å²) in [5.74, 6) is -0.670. The van der Waals surface area contributed by atoms with E-state index >= 15 is 0 Å². The van der Waals surface area contributed by atoms with Crippen LogP contribution in [0.5, 0.6) is 0 Å². The van der Waals surface area contributed by atoms with Crippen LogP contribution in [0.1, 0.15) is 5.82 Å². The van der Waals surface area contributed by atoms with Crippen molar-refractivity contribution in [2.45, 2.75) is 0 Å². The van der Waals surface area contributed by atoms with Gasteiger partial charge in [0.1, 0.15) is 0 Å². The fourth-order valence-corrected chi connectivity index (χ4v) is 1.20. The van der Waals surface area contributed by atoms with Gasteiger partial charge in [0, 0.05) is 6.08 Å². The van der Waals surface area contributed by atoms with Crippen LogP contribution in [0.2, 0.25) is 0 Å². The number of nitrogens with zero attached hydrogens (tertiary/aromatic N) is 4. The molecule has 80 valence electrons. The molecule has 1 N–H and O–H groups in total. The molecule has 0 aliphatic rings. The summed E-state index contributed by atoms with van der Waals surface area (Å²) >= 11 is 0. The van der Waals surface area contributed by atoms with Gasteiger partial charge in [0.05, 0.1) is 5.69 Å². The average molecular weight is 216 g/mol. The molecule has 6 nitrogen and oxygen atoms in total. The minimum absolute atomic E-state index is 0.369. The molecule has 0 unspecified atom stereocenters. The van der Waals surface area contributed by atoms with Crippen molar-refractivity contribution in [3.8, 4) is 5.69 Å². The van der Waals surface area contributed by atoms with Crippen LogP contribution >= 0.6 is 0 Å². The molecule has 0 bridgehead atoms. The zero-order chi connectivity index (χ0) is 11.4. The molecule has 0 aliphatic carbocycles. The van der Waals surface area contributed by atoms with Crippen molar-refractivity contribution in [2.24, 2.45) is 0 Å². The third kappa shape index (κ3) is 2.11. The summed E-state index contributed by atoms with van der Waals surface area (Å²) in [5, 5.41) is 19.5. The number of benzene rings is 1. The van der Waals surface area contributed by atoms with Crippen molar-refractivity contribution in [3.05, 3.63) is 42.2 Å². The Bertz CT molecular complexity index is 519. The van der Waals surface area contributed by atoms with Crippen LogP contribution in [0.4, 0.5) is 0 Å². The van der Waals surface area contributed by atoms with Gasteiger partial charge in [-0.25, -0.2) is 4.79 Å². The van der Waals surface area contributed by atoms with E-state index in [4.69, 9.17) is 5.11 Å². The standard InChI is InChI=1S/C10H8N4O2/c15-10(16)7-6-9-11-12-13-14(9)8-4-2-1-3-5-8/h1-7H,(H,15,16)/b7-6+. The van der Waals surface area contributed by atoms with Gasteiger partial charge < -0.3 is 5.11 Å². The molecule has 0 fully saturated rings. The second-order valence-electron chi connectivity index (χ2n) is 2.96. The number of carbonyl (C=O) groups is 1. The van der Waals surface area contributed by atoms with Crippen LogP contribution in [0.15, 0.2) is 36.4 Å². The lowest BCUT2D eigenvalue weighted by Crippen LogP contribution is -1.99. The molecule has 2 rings (SSSR count). The lowest BCUT2D eigenvalue weighted by atomic mass is 10.3. The van der Waals surface area contributed by atoms with Crippen LogP contribution in [0.25, 0.3) is 11.8 Å². The van der Waals surface area contributed by atoms with E-state index in [2.05, 4.69) is 15.5 Å². The smallest absolute Gasteiger partial charge is 0.328 e. The average Bonchev–Trinajstić information content (AvgIpc) is 2.75. The predicted molar refractivity (Wildman–Crippen MR) is 55.8 cm³/mol. The van der Waals surface area contributed by atoms with Crippen molar-refractivity contribution >= 4 is 12.0 Å². The van der Waals surface area contributed by atoms with Crippen molar-refractivity contribution in [1.29, 1.82) is 0 Å². The van der Waals surface area contributed by atoms with Gasteiger partial charge in [0.15, 0.2) is 5.82 Å². The lowest BCUT2D eigenvalue weighted by Gasteiger charge is -1.99. The van der Waals surface area contributed by atoms with E-state index in [-0.39, 0.29) is 0 Å². The van der Waals surface area contributed by atoms with Crippen molar-refractivity contribution in [2.75, 3.05) is 0 Å². The van der Waals surface area contributed by atoms with Gasteiger partial charge in [-0.2, -0.15) is 4.68 Å². The van der Waals surface area contributed by atoms with E-state index < -0.39 is 5.97 Å². The molecule has 2 aromatic rings. The van der Waals surface area contributed by atoms with Gasteiger partial charge in [-0.1, -0.05) is 18.2 Å². The van der Waals surface area contributed by atoms with Crippen LogP contribution in [-0.2, 0) is 4.79 Å². The Morgan fingerprint density at radius 3 is 2.75 bits per heavy atom.